The summed E-state index contributed by atoms with van der Waals surface area (Å²) in [4.78, 5) is 16.1. The molecule has 27 heavy (non-hydrogen) atoms. The Morgan fingerprint density at radius 3 is 2.81 bits per heavy atom. The quantitative estimate of drug-likeness (QED) is 0.745. The molecule has 0 fully saturated rings. The number of amides is 1. The van der Waals surface area contributed by atoms with Crippen molar-refractivity contribution in [2.75, 3.05) is 0 Å². The molecule has 0 saturated heterocycles. The zero-order chi connectivity index (χ0) is 19.0. The molecule has 0 unspecified atom stereocenters. The highest BCUT2D eigenvalue weighted by molar-refractivity contribution is 5.93. The summed E-state index contributed by atoms with van der Waals surface area (Å²) in [5.74, 6) is 1.93. The first-order valence-corrected chi connectivity index (χ1v) is 9.79. The lowest BCUT2D eigenvalue weighted by Crippen LogP contribution is -2.26. The van der Waals surface area contributed by atoms with Gasteiger partial charge in [-0.1, -0.05) is 18.6 Å². The second-order valence-corrected chi connectivity index (χ2v) is 7.63. The minimum atomic E-state index is 0.0193. The van der Waals surface area contributed by atoms with Gasteiger partial charge in [-0.15, -0.1) is 10.2 Å². The molecule has 0 saturated carbocycles. The monoisotopic (exact) mass is 365 g/mol. The van der Waals surface area contributed by atoms with Crippen molar-refractivity contribution in [1.29, 1.82) is 0 Å². The maximum atomic E-state index is 12.7. The summed E-state index contributed by atoms with van der Waals surface area (Å²) >= 11 is 0. The second kappa shape index (κ2) is 7.18. The number of fused-ring (bicyclic) bond motifs is 2. The lowest BCUT2D eigenvalue weighted by molar-refractivity contribution is -0.120. The molecule has 0 bridgehead atoms. The predicted molar refractivity (Wildman–Crippen MR) is 106 cm³/mol. The summed E-state index contributed by atoms with van der Waals surface area (Å²) in [6.45, 7) is 7.62. The molecule has 1 amide bonds. The normalized spacial score (nSPS) is 14.2. The van der Waals surface area contributed by atoms with E-state index >= 15 is 0 Å². The van der Waals surface area contributed by atoms with E-state index in [9.17, 15) is 4.79 Å². The molecule has 1 aliphatic rings. The van der Waals surface area contributed by atoms with Crippen molar-refractivity contribution < 1.29 is 4.79 Å². The van der Waals surface area contributed by atoms with E-state index in [2.05, 4.69) is 51.0 Å². The van der Waals surface area contributed by atoms with Crippen LogP contribution in [0.5, 0.6) is 0 Å². The van der Waals surface area contributed by atoms with Crippen molar-refractivity contribution in [2.45, 2.75) is 66.0 Å². The zero-order valence-electron chi connectivity index (χ0n) is 16.4. The van der Waals surface area contributed by atoms with Gasteiger partial charge < -0.3 is 14.9 Å². The third kappa shape index (κ3) is 3.36. The van der Waals surface area contributed by atoms with Gasteiger partial charge in [-0.25, -0.2) is 0 Å². The second-order valence-electron chi connectivity index (χ2n) is 7.63. The minimum Gasteiger partial charge on any atom is -0.358 e. The number of nitrogens with one attached hydrogen (secondary N) is 2. The van der Waals surface area contributed by atoms with Crippen LogP contribution in [0.15, 0.2) is 12.1 Å². The van der Waals surface area contributed by atoms with Gasteiger partial charge in [0, 0.05) is 29.6 Å². The van der Waals surface area contributed by atoms with Crippen LogP contribution in [-0.4, -0.2) is 25.7 Å². The van der Waals surface area contributed by atoms with Crippen LogP contribution in [0.3, 0.4) is 0 Å². The van der Waals surface area contributed by atoms with Crippen LogP contribution >= 0.6 is 0 Å². The van der Waals surface area contributed by atoms with Gasteiger partial charge in [0.05, 0.1) is 13.0 Å². The Kier molecular flexibility index (Phi) is 4.72. The summed E-state index contributed by atoms with van der Waals surface area (Å²) in [5.41, 5.74) is 5.69. The largest absolute Gasteiger partial charge is 0.358 e. The Morgan fingerprint density at radius 1 is 1.15 bits per heavy atom. The fraction of sp³-hybridized carbons (Fsp3) is 0.476. The van der Waals surface area contributed by atoms with Gasteiger partial charge >= 0.3 is 0 Å². The summed E-state index contributed by atoms with van der Waals surface area (Å²) < 4.78 is 2.18. The SMILES string of the molecule is Cc1[nH]c2c(C)ccc(C)c2c1CC(=O)NCc1nnc2n1CCCCC2. The molecular formula is C21H27N5O. The first kappa shape index (κ1) is 17.8. The molecule has 2 N–H and O–H groups in total. The highest BCUT2D eigenvalue weighted by atomic mass is 16.1. The van der Waals surface area contributed by atoms with Gasteiger partial charge in [-0.05, 0) is 50.3 Å². The Labute approximate surface area is 159 Å². The van der Waals surface area contributed by atoms with Crippen molar-refractivity contribution in [3.8, 4) is 0 Å². The van der Waals surface area contributed by atoms with Crippen LogP contribution in [0.25, 0.3) is 10.9 Å². The Bertz CT molecular complexity index is 998. The van der Waals surface area contributed by atoms with E-state index in [1.807, 2.05) is 6.92 Å². The average Bonchev–Trinajstić information content (AvgIpc) is 3.09. The van der Waals surface area contributed by atoms with Crippen LogP contribution in [0.4, 0.5) is 0 Å². The van der Waals surface area contributed by atoms with Crippen molar-refractivity contribution in [1.82, 2.24) is 25.1 Å². The zero-order valence-corrected chi connectivity index (χ0v) is 16.4. The van der Waals surface area contributed by atoms with Gasteiger partial charge in [0.1, 0.15) is 5.82 Å². The number of nitrogens with zero attached hydrogens (tertiary/aromatic N) is 3. The fourth-order valence-electron chi connectivity index (χ4n) is 4.11. The predicted octanol–water partition coefficient (Wildman–Crippen LogP) is 3.27. The molecule has 1 aromatic carbocycles. The van der Waals surface area contributed by atoms with Gasteiger partial charge in [0.25, 0.3) is 0 Å². The van der Waals surface area contributed by atoms with Crippen LogP contribution < -0.4 is 5.32 Å². The molecule has 6 nitrogen and oxygen atoms in total. The molecule has 6 heteroatoms. The van der Waals surface area contributed by atoms with E-state index in [1.54, 1.807) is 0 Å². The van der Waals surface area contributed by atoms with Crippen LogP contribution in [0, 0.1) is 20.8 Å². The first-order chi connectivity index (χ1) is 13.0. The van der Waals surface area contributed by atoms with Crippen LogP contribution in [0.1, 0.15) is 53.3 Å². The Morgan fingerprint density at radius 2 is 1.96 bits per heavy atom. The molecule has 1 aliphatic heterocycles. The number of aromatic amines is 1. The number of carbonyl (C=O) groups excluding carboxylic acids is 1. The summed E-state index contributed by atoms with van der Waals surface area (Å²) in [6.07, 6.45) is 4.90. The van der Waals surface area contributed by atoms with Crippen molar-refractivity contribution in [3.63, 3.8) is 0 Å². The number of aryl methyl sites for hydroxylation is 4. The number of aromatic nitrogens is 4. The topological polar surface area (TPSA) is 75.6 Å². The molecule has 142 valence electrons. The van der Waals surface area contributed by atoms with E-state index in [0.29, 0.717) is 13.0 Å². The highest BCUT2D eigenvalue weighted by Gasteiger charge is 2.18. The van der Waals surface area contributed by atoms with Gasteiger partial charge in [-0.3, -0.25) is 4.79 Å². The number of H-pyrrole nitrogens is 1. The number of hydrogen-bond acceptors (Lipinski definition) is 3. The van der Waals surface area contributed by atoms with E-state index in [1.165, 1.54) is 29.4 Å². The number of benzene rings is 1. The molecule has 0 aliphatic carbocycles. The van der Waals surface area contributed by atoms with Crippen molar-refractivity contribution >= 4 is 16.8 Å². The van der Waals surface area contributed by atoms with Crippen LogP contribution in [0.2, 0.25) is 0 Å². The lowest BCUT2D eigenvalue weighted by atomic mass is 10.0. The maximum Gasteiger partial charge on any atom is 0.224 e. The standard InChI is InChI=1S/C21H27N5O/c1-13-8-9-14(2)21-20(13)16(15(3)23-21)11-19(27)22-12-18-25-24-17-7-5-4-6-10-26(17)18/h8-9,23H,4-7,10-12H2,1-3H3,(H,22,27). The van der Waals surface area contributed by atoms with E-state index in [0.717, 1.165) is 47.8 Å². The Balaban J connectivity index is 1.50. The van der Waals surface area contributed by atoms with Crippen LogP contribution in [-0.2, 0) is 30.7 Å². The Hall–Kier alpha value is -2.63. The minimum absolute atomic E-state index is 0.0193. The third-order valence-corrected chi connectivity index (χ3v) is 5.66. The van der Waals surface area contributed by atoms with Gasteiger partial charge in [0.2, 0.25) is 5.91 Å². The molecule has 2 aromatic heterocycles. The van der Waals surface area contributed by atoms with Gasteiger partial charge in [0.15, 0.2) is 5.82 Å². The van der Waals surface area contributed by atoms with E-state index in [-0.39, 0.29) is 5.91 Å². The number of carbonyl (C=O) groups is 1. The average molecular weight is 365 g/mol. The molecule has 0 atom stereocenters. The number of rotatable bonds is 4. The third-order valence-electron chi connectivity index (χ3n) is 5.66. The molecule has 0 spiro atoms. The molecule has 4 rings (SSSR count). The molecular weight excluding hydrogens is 338 g/mol. The molecule has 3 aromatic rings. The molecule has 3 heterocycles. The van der Waals surface area contributed by atoms with E-state index < -0.39 is 0 Å². The fourth-order valence-corrected chi connectivity index (χ4v) is 4.11. The summed E-state index contributed by atoms with van der Waals surface area (Å²) in [7, 11) is 0. The van der Waals surface area contributed by atoms with Crippen molar-refractivity contribution in [2.24, 2.45) is 0 Å². The molecule has 0 radical (unpaired) electrons. The lowest BCUT2D eigenvalue weighted by Gasteiger charge is -2.09. The van der Waals surface area contributed by atoms with Gasteiger partial charge in [-0.2, -0.15) is 0 Å². The number of hydrogen-bond donors (Lipinski definition) is 2. The smallest absolute Gasteiger partial charge is 0.224 e. The van der Waals surface area contributed by atoms with E-state index in [4.69, 9.17) is 0 Å². The van der Waals surface area contributed by atoms with Crippen molar-refractivity contribution in [3.05, 3.63) is 46.2 Å². The maximum absolute atomic E-state index is 12.7. The summed E-state index contributed by atoms with van der Waals surface area (Å²) in [6, 6.07) is 4.24. The first-order valence-electron chi connectivity index (χ1n) is 9.79. The highest BCUT2D eigenvalue weighted by Crippen LogP contribution is 2.28. The summed E-state index contributed by atoms with van der Waals surface area (Å²) in [5, 5.41) is 12.8.